The number of halogens is 3. The number of nitrogens with zero attached hydrogens (tertiary/aromatic N) is 1. The first-order chi connectivity index (χ1) is 8.21. The first-order valence-electron chi connectivity index (χ1n) is 5.10. The van der Waals surface area contributed by atoms with Gasteiger partial charge in [-0.3, -0.25) is 14.4 Å². The molecule has 0 bridgehead atoms. The summed E-state index contributed by atoms with van der Waals surface area (Å²) < 4.78 is 36.0. The molecule has 0 radical (unpaired) electrons. The van der Waals surface area contributed by atoms with E-state index in [4.69, 9.17) is 5.11 Å². The maximum atomic E-state index is 12.0. The van der Waals surface area contributed by atoms with E-state index in [-0.39, 0.29) is 13.0 Å². The number of nitrogens with one attached hydrogen (secondary N) is 1. The predicted molar refractivity (Wildman–Crippen MR) is 51.4 cm³/mol. The Kier molecular flexibility index (Phi) is 4.15. The van der Waals surface area contributed by atoms with Crippen molar-refractivity contribution in [3.63, 3.8) is 0 Å². The second kappa shape index (κ2) is 5.23. The summed E-state index contributed by atoms with van der Waals surface area (Å²) in [5.41, 5.74) is 0. The van der Waals surface area contributed by atoms with E-state index in [1.807, 2.05) is 0 Å². The molecule has 0 aromatic rings. The monoisotopic (exact) mass is 268 g/mol. The zero-order chi connectivity index (χ0) is 13.9. The molecule has 9 heteroatoms. The smallest absolute Gasteiger partial charge is 0.471 e. The molecule has 18 heavy (non-hydrogen) atoms. The van der Waals surface area contributed by atoms with Gasteiger partial charge in [0.25, 0.3) is 0 Å². The third kappa shape index (κ3) is 3.60. The van der Waals surface area contributed by atoms with Crippen molar-refractivity contribution in [3.8, 4) is 0 Å². The van der Waals surface area contributed by atoms with Crippen molar-refractivity contribution >= 4 is 17.8 Å². The molecule has 1 aliphatic rings. The average molecular weight is 268 g/mol. The molecule has 1 aliphatic heterocycles. The molecule has 1 unspecified atom stereocenters. The Bertz CT molecular complexity index is 369. The minimum atomic E-state index is -5.06. The summed E-state index contributed by atoms with van der Waals surface area (Å²) in [6.07, 6.45) is -4.66. The van der Waals surface area contributed by atoms with Gasteiger partial charge in [-0.2, -0.15) is 13.2 Å². The van der Waals surface area contributed by atoms with Crippen LogP contribution in [0.15, 0.2) is 0 Å². The van der Waals surface area contributed by atoms with E-state index in [1.54, 1.807) is 5.32 Å². The molecular weight excluding hydrogens is 257 g/mol. The molecule has 0 aromatic heterocycles. The Labute approximate surface area is 99.7 Å². The highest BCUT2D eigenvalue weighted by molar-refractivity contribution is 5.91. The van der Waals surface area contributed by atoms with Gasteiger partial charge in [-0.1, -0.05) is 0 Å². The maximum Gasteiger partial charge on any atom is 0.471 e. The standard InChI is InChI=1S/C9H11F3N2O4/c10-9(11,12)8(18)13-5-2-1-3-14(7(5)17)4-6(15)16/h5H,1-4H2,(H,13,18)(H,15,16). The van der Waals surface area contributed by atoms with E-state index in [0.29, 0.717) is 6.42 Å². The van der Waals surface area contributed by atoms with E-state index in [0.717, 1.165) is 4.90 Å². The highest BCUT2D eigenvalue weighted by atomic mass is 19.4. The van der Waals surface area contributed by atoms with E-state index in [9.17, 15) is 27.6 Å². The molecule has 2 amide bonds. The number of hydrogen-bond acceptors (Lipinski definition) is 3. The number of carbonyl (C=O) groups is 3. The highest BCUT2D eigenvalue weighted by Gasteiger charge is 2.42. The van der Waals surface area contributed by atoms with Crippen LogP contribution in [0.1, 0.15) is 12.8 Å². The maximum absolute atomic E-state index is 12.0. The Hall–Kier alpha value is -1.80. The topological polar surface area (TPSA) is 86.7 Å². The van der Waals surface area contributed by atoms with Gasteiger partial charge in [-0.05, 0) is 12.8 Å². The summed E-state index contributed by atoms with van der Waals surface area (Å²) in [5, 5.41) is 10.1. The van der Waals surface area contributed by atoms with Crippen LogP contribution in [0, 0.1) is 0 Å². The highest BCUT2D eigenvalue weighted by Crippen LogP contribution is 2.17. The van der Waals surface area contributed by atoms with E-state index >= 15 is 0 Å². The number of carboxylic acid groups (broad SMARTS) is 1. The van der Waals surface area contributed by atoms with Gasteiger partial charge >= 0.3 is 18.1 Å². The van der Waals surface area contributed by atoms with Gasteiger partial charge in [0.1, 0.15) is 12.6 Å². The van der Waals surface area contributed by atoms with Crippen LogP contribution in [0.5, 0.6) is 0 Å². The number of hydrogen-bond donors (Lipinski definition) is 2. The number of rotatable bonds is 3. The quantitative estimate of drug-likeness (QED) is 0.738. The van der Waals surface area contributed by atoms with Gasteiger partial charge in [-0.15, -0.1) is 0 Å². The number of carbonyl (C=O) groups excluding carboxylic acids is 2. The normalized spacial score (nSPS) is 20.7. The number of piperidine rings is 1. The van der Waals surface area contributed by atoms with E-state index < -0.39 is 36.5 Å². The Morgan fingerprint density at radius 3 is 2.56 bits per heavy atom. The van der Waals surface area contributed by atoms with Gasteiger partial charge < -0.3 is 15.3 Å². The Morgan fingerprint density at radius 1 is 1.44 bits per heavy atom. The first kappa shape index (κ1) is 14.3. The van der Waals surface area contributed by atoms with E-state index in [2.05, 4.69) is 0 Å². The zero-order valence-electron chi connectivity index (χ0n) is 9.16. The van der Waals surface area contributed by atoms with Crippen molar-refractivity contribution in [1.82, 2.24) is 10.2 Å². The first-order valence-corrected chi connectivity index (χ1v) is 5.10. The fourth-order valence-electron chi connectivity index (χ4n) is 1.63. The molecule has 1 saturated heterocycles. The summed E-state index contributed by atoms with van der Waals surface area (Å²) in [6.45, 7) is -0.430. The molecule has 2 N–H and O–H groups in total. The SMILES string of the molecule is O=C(O)CN1CCCC(NC(=O)C(F)(F)F)C1=O. The van der Waals surface area contributed by atoms with Crippen molar-refractivity contribution < 1.29 is 32.7 Å². The van der Waals surface area contributed by atoms with Gasteiger partial charge in [0.15, 0.2) is 0 Å². The van der Waals surface area contributed by atoms with Gasteiger partial charge in [0, 0.05) is 6.54 Å². The van der Waals surface area contributed by atoms with Crippen LogP contribution in [-0.2, 0) is 14.4 Å². The third-order valence-corrected chi connectivity index (χ3v) is 2.42. The van der Waals surface area contributed by atoms with Crippen LogP contribution >= 0.6 is 0 Å². The lowest BCUT2D eigenvalue weighted by Gasteiger charge is -2.31. The Balaban J connectivity index is 2.64. The molecule has 0 aliphatic carbocycles. The summed E-state index contributed by atoms with van der Waals surface area (Å²) in [5.74, 6) is -4.26. The molecule has 0 saturated carbocycles. The molecule has 0 aromatic carbocycles. The van der Waals surface area contributed by atoms with Crippen LogP contribution < -0.4 is 5.32 Å². The lowest BCUT2D eigenvalue weighted by atomic mass is 10.0. The number of carboxylic acids is 1. The number of likely N-dealkylation sites (tertiary alicyclic amines) is 1. The summed E-state index contributed by atoms with van der Waals surface area (Å²) in [6, 6.07) is -1.31. The van der Waals surface area contributed by atoms with Gasteiger partial charge in [-0.25, -0.2) is 0 Å². The van der Waals surface area contributed by atoms with Gasteiger partial charge in [0.05, 0.1) is 0 Å². The molecule has 1 heterocycles. The number of amides is 2. The van der Waals surface area contributed by atoms with Crippen molar-refractivity contribution in [3.05, 3.63) is 0 Å². The van der Waals surface area contributed by atoms with Crippen molar-refractivity contribution in [1.29, 1.82) is 0 Å². The fraction of sp³-hybridized carbons (Fsp3) is 0.667. The summed E-state index contributed by atoms with van der Waals surface area (Å²) in [7, 11) is 0. The third-order valence-electron chi connectivity index (χ3n) is 2.42. The largest absolute Gasteiger partial charge is 0.480 e. The minimum absolute atomic E-state index is 0.0662. The fourth-order valence-corrected chi connectivity index (χ4v) is 1.63. The lowest BCUT2D eigenvalue weighted by molar-refractivity contribution is -0.175. The van der Waals surface area contributed by atoms with Crippen LogP contribution in [0.2, 0.25) is 0 Å². The second-order valence-corrected chi connectivity index (χ2v) is 3.82. The number of alkyl halides is 3. The number of aliphatic carboxylic acids is 1. The van der Waals surface area contributed by atoms with Gasteiger partial charge in [0.2, 0.25) is 5.91 Å². The molecule has 102 valence electrons. The predicted octanol–water partition coefficient (Wildman–Crippen LogP) is -0.260. The van der Waals surface area contributed by atoms with Crippen LogP contribution in [0.25, 0.3) is 0 Å². The average Bonchev–Trinajstić information content (AvgIpc) is 2.21. The molecule has 1 rings (SSSR count). The van der Waals surface area contributed by atoms with Crippen LogP contribution in [-0.4, -0.2) is 53.1 Å². The molecule has 6 nitrogen and oxygen atoms in total. The summed E-state index contributed by atoms with van der Waals surface area (Å²) in [4.78, 5) is 33.6. The van der Waals surface area contributed by atoms with E-state index in [1.165, 1.54) is 0 Å². The molecule has 0 spiro atoms. The Morgan fingerprint density at radius 2 is 2.06 bits per heavy atom. The van der Waals surface area contributed by atoms with Crippen LogP contribution in [0.3, 0.4) is 0 Å². The molecular formula is C9H11F3N2O4. The summed E-state index contributed by atoms with van der Waals surface area (Å²) >= 11 is 0. The molecule has 1 fully saturated rings. The second-order valence-electron chi connectivity index (χ2n) is 3.82. The van der Waals surface area contributed by atoms with Crippen LogP contribution in [0.4, 0.5) is 13.2 Å². The van der Waals surface area contributed by atoms with Crippen molar-refractivity contribution in [2.24, 2.45) is 0 Å². The molecule has 1 atom stereocenters. The lowest BCUT2D eigenvalue weighted by Crippen LogP contribution is -2.55. The minimum Gasteiger partial charge on any atom is -0.480 e. The van der Waals surface area contributed by atoms with Crippen molar-refractivity contribution in [2.45, 2.75) is 25.1 Å². The van der Waals surface area contributed by atoms with Crippen molar-refractivity contribution in [2.75, 3.05) is 13.1 Å². The zero-order valence-corrected chi connectivity index (χ0v) is 9.16.